The fourth-order valence-electron chi connectivity index (χ4n) is 1.29. The molecule has 84 valence electrons. The highest BCUT2D eigenvalue weighted by atomic mass is 19.4. The Balaban J connectivity index is 2.84. The molecule has 0 aliphatic heterocycles. The van der Waals surface area contributed by atoms with Crippen LogP contribution < -0.4 is 0 Å². The van der Waals surface area contributed by atoms with Crippen LogP contribution in [0.15, 0.2) is 18.5 Å². The number of carbonyl (C=O) groups is 1. The molecule has 1 N–H and O–H groups in total. The number of halogens is 3. The third-order valence-corrected chi connectivity index (χ3v) is 1.92. The molecule has 0 saturated heterocycles. The molecule has 0 aromatic carbocycles. The van der Waals surface area contributed by atoms with Crippen LogP contribution in [0, 0.1) is 0 Å². The number of aromatic nitrogens is 3. The molecule has 0 radical (unpaired) electrons. The number of nitrogens with zero attached hydrogens (tertiary/aromatic N) is 3. The lowest BCUT2D eigenvalue weighted by Crippen LogP contribution is -2.18. The van der Waals surface area contributed by atoms with Gasteiger partial charge in [0.2, 0.25) is 0 Å². The van der Waals surface area contributed by atoms with Crippen LogP contribution >= 0.6 is 0 Å². The first-order chi connectivity index (χ1) is 7.41. The molecule has 0 bridgehead atoms. The molecule has 2 aromatic heterocycles. The minimum atomic E-state index is -4.78. The summed E-state index contributed by atoms with van der Waals surface area (Å²) in [4.78, 5) is 14.3. The van der Waals surface area contributed by atoms with Gasteiger partial charge in [0, 0.05) is 12.3 Å². The quantitative estimate of drug-likeness (QED) is 0.806. The van der Waals surface area contributed by atoms with Gasteiger partial charge in [-0.1, -0.05) is 0 Å². The van der Waals surface area contributed by atoms with Crippen LogP contribution in [0.1, 0.15) is 16.1 Å². The summed E-state index contributed by atoms with van der Waals surface area (Å²) in [6.07, 6.45) is -3.11. The molecule has 0 unspecified atom stereocenters. The summed E-state index contributed by atoms with van der Waals surface area (Å²) in [5, 5.41) is 12.2. The molecule has 8 heteroatoms. The molecule has 2 aromatic rings. The highest BCUT2D eigenvalue weighted by Gasteiger charge is 2.37. The smallest absolute Gasteiger partial charge is 0.420 e. The standard InChI is InChI=1S/C8H4F3N3O2/c9-8(10,11)4-3-12-5-1-2-13-14(5)6(4)7(15)16/h1-3H,(H,15,16). The van der Waals surface area contributed by atoms with Crippen molar-refractivity contribution in [2.24, 2.45) is 0 Å². The highest BCUT2D eigenvalue weighted by molar-refractivity contribution is 5.88. The SMILES string of the molecule is O=C(O)c1c(C(F)(F)F)cnc2ccnn12. The molecular weight excluding hydrogens is 227 g/mol. The van der Waals surface area contributed by atoms with Gasteiger partial charge >= 0.3 is 12.1 Å². The number of alkyl halides is 3. The maximum atomic E-state index is 12.5. The van der Waals surface area contributed by atoms with Crippen molar-refractivity contribution in [2.45, 2.75) is 6.18 Å². The van der Waals surface area contributed by atoms with E-state index in [9.17, 15) is 18.0 Å². The Morgan fingerprint density at radius 1 is 1.44 bits per heavy atom. The van der Waals surface area contributed by atoms with Gasteiger partial charge < -0.3 is 5.11 Å². The van der Waals surface area contributed by atoms with Gasteiger partial charge in [-0.2, -0.15) is 18.3 Å². The van der Waals surface area contributed by atoms with Crippen molar-refractivity contribution in [1.29, 1.82) is 0 Å². The fourth-order valence-corrected chi connectivity index (χ4v) is 1.29. The monoisotopic (exact) mass is 231 g/mol. The Kier molecular flexibility index (Phi) is 2.07. The highest BCUT2D eigenvalue weighted by Crippen LogP contribution is 2.31. The van der Waals surface area contributed by atoms with E-state index in [1.54, 1.807) is 0 Å². The molecule has 0 saturated carbocycles. The van der Waals surface area contributed by atoms with Gasteiger partial charge in [0.05, 0.1) is 6.20 Å². The molecule has 0 aliphatic rings. The molecule has 0 spiro atoms. The Bertz CT molecular complexity index is 561. The summed E-state index contributed by atoms with van der Waals surface area (Å²) >= 11 is 0. The first kappa shape index (κ1) is 10.4. The van der Waals surface area contributed by atoms with E-state index < -0.39 is 23.4 Å². The number of aromatic carboxylic acids is 1. The zero-order valence-electron chi connectivity index (χ0n) is 7.56. The Labute approximate surface area is 86.1 Å². The number of rotatable bonds is 1. The van der Waals surface area contributed by atoms with Crippen LogP contribution in [0.5, 0.6) is 0 Å². The van der Waals surface area contributed by atoms with Crippen molar-refractivity contribution in [3.8, 4) is 0 Å². The molecule has 2 rings (SSSR count). The summed E-state index contributed by atoms with van der Waals surface area (Å²) < 4.78 is 38.1. The number of hydrogen-bond donors (Lipinski definition) is 1. The summed E-state index contributed by atoms with van der Waals surface area (Å²) in [5.74, 6) is -1.71. The average Bonchev–Trinajstić information content (AvgIpc) is 2.61. The lowest BCUT2D eigenvalue weighted by Gasteiger charge is -2.10. The number of fused-ring (bicyclic) bond motifs is 1. The topological polar surface area (TPSA) is 67.5 Å². The van der Waals surface area contributed by atoms with Crippen molar-refractivity contribution in [2.75, 3.05) is 0 Å². The van der Waals surface area contributed by atoms with E-state index in [2.05, 4.69) is 10.1 Å². The zero-order chi connectivity index (χ0) is 11.9. The maximum Gasteiger partial charge on any atom is 0.420 e. The lowest BCUT2D eigenvalue weighted by atomic mass is 10.2. The second kappa shape index (κ2) is 3.19. The van der Waals surface area contributed by atoms with E-state index in [0.29, 0.717) is 10.7 Å². The van der Waals surface area contributed by atoms with Crippen molar-refractivity contribution < 1.29 is 23.1 Å². The second-order valence-electron chi connectivity index (χ2n) is 2.92. The van der Waals surface area contributed by atoms with Crippen molar-refractivity contribution in [3.05, 3.63) is 29.7 Å². The first-order valence-corrected chi connectivity index (χ1v) is 4.04. The van der Waals surface area contributed by atoms with Gasteiger partial charge in [0.15, 0.2) is 11.3 Å². The molecular formula is C8H4F3N3O2. The first-order valence-electron chi connectivity index (χ1n) is 4.04. The minimum Gasteiger partial charge on any atom is -0.476 e. The molecule has 5 nitrogen and oxygen atoms in total. The molecule has 0 aliphatic carbocycles. The van der Waals surface area contributed by atoms with E-state index in [-0.39, 0.29) is 5.65 Å². The van der Waals surface area contributed by atoms with Gasteiger partial charge in [-0.15, -0.1) is 0 Å². The maximum absolute atomic E-state index is 12.5. The summed E-state index contributed by atoms with van der Waals surface area (Å²) in [6, 6.07) is 1.31. The minimum absolute atomic E-state index is 0.0467. The predicted octanol–water partition coefficient (Wildman–Crippen LogP) is 1.45. The van der Waals surface area contributed by atoms with Crippen LogP contribution in [0.4, 0.5) is 13.2 Å². The number of carboxylic acids is 1. The van der Waals surface area contributed by atoms with Crippen LogP contribution in [-0.2, 0) is 6.18 Å². The molecule has 0 amide bonds. The van der Waals surface area contributed by atoms with E-state index in [1.165, 1.54) is 12.3 Å². The Morgan fingerprint density at radius 2 is 2.12 bits per heavy atom. The molecule has 0 atom stereocenters. The fraction of sp³-hybridized carbons (Fsp3) is 0.125. The molecule has 0 fully saturated rings. The Hall–Kier alpha value is -2.12. The third-order valence-electron chi connectivity index (χ3n) is 1.92. The van der Waals surface area contributed by atoms with Gasteiger partial charge in [-0.25, -0.2) is 14.3 Å². The van der Waals surface area contributed by atoms with E-state index >= 15 is 0 Å². The zero-order valence-corrected chi connectivity index (χ0v) is 7.56. The lowest BCUT2D eigenvalue weighted by molar-refractivity contribution is -0.138. The summed E-state index contributed by atoms with van der Waals surface area (Å²) in [6.45, 7) is 0. The van der Waals surface area contributed by atoms with E-state index in [1.807, 2.05) is 0 Å². The average molecular weight is 231 g/mol. The van der Waals surface area contributed by atoms with Crippen LogP contribution in [0.25, 0.3) is 5.65 Å². The molecule has 2 heterocycles. The normalized spacial score (nSPS) is 11.9. The predicted molar refractivity (Wildman–Crippen MR) is 44.9 cm³/mol. The summed E-state index contributed by atoms with van der Waals surface area (Å²) in [7, 11) is 0. The Morgan fingerprint density at radius 3 is 2.69 bits per heavy atom. The van der Waals surface area contributed by atoms with Crippen molar-refractivity contribution in [3.63, 3.8) is 0 Å². The van der Waals surface area contributed by atoms with Gasteiger partial charge in [0.1, 0.15) is 5.56 Å². The number of carboxylic acid groups (broad SMARTS) is 1. The van der Waals surface area contributed by atoms with Crippen molar-refractivity contribution >= 4 is 11.6 Å². The van der Waals surface area contributed by atoms with Crippen LogP contribution in [0.2, 0.25) is 0 Å². The largest absolute Gasteiger partial charge is 0.476 e. The van der Waals surface area contributed by atoms with Crippen molar-refractivity contribution in [1.82, 2.24) is 14.6 Å². The number of hydrogen-bond acceptors (Lipinski definition) is 3. The van der Waals surface area contributed by atoms with Gasteiger partial charge in [-0.3, -0.25) is 0 Å². The van der Waals surface area contributed by atoms with Gasteiger partial charge in [-0.05, 0) is 0 Å². The summed E-state index contributed by atoms with van der Waals surface area (Å²) in [5.41, 5.74) is -2.22. The molecule has 16 heavy (non-hydrogen) atoms. The van der Waals surface area contributed by atoms with Crippen LogP contribution in [0.3, 0.4) is 0 Å². The second-order valence-corrected chi connectivity index (χ2v) is 2.92. The van der Waals surface area contributed by atoms with Gasteiger partial charge in [0.25, 0.3) is 0 Å². The van der Waals surface area contributed by atoms with E-state index in [0.717, 1.165) is 0 Å². The van der Waals surface area contributed by atoms with E-state index in [4.69, 9.17) is 5.11 Å². The third kappa shape index (κ3) is 1.47. The van der Waals surface area contributed by atoms with Crippen LogP contribution in [-0.4, -0.2) is 25.7 Å².